The van der Waals surface area contributed by atoms with Gasteiger partial charge in [-0.05, 0) is 63.7 Å². The molecule has 1 nitrogen and oxygen atoms in total. The Morgan fingerprint density at radius 2 is 2.00 bits per heavy atom. The molecule has 0 bridgehead atoms. The van der Waals surface area contributed by atoms with Gasteiger partial charge >= 0.3 is 0 Å². The fourth-order valence-corrected chi connectivity index (χ4v) is 2.90. The lowest BCUT2D eigenvalue weighted by molar-refractivity contribution is 0.467. The van der Waals surface area contributed by atoms with Crippen LogP contribution in [0.3, 0.4) is 0 Å². The van der Waals surface area contributed by atoms with Gasteiger partial charge in [0.1, 0.15) is 5.75 Å². The van der Waals surface area contributed by atoms with Gasteiger partial charge in [0.2, 0.25) is 0 Å². The Bertz CT molecular complexity index is 273. The Labute approximate surface area is 97.4 Å². The molecule has 0 aliphatic carbocycles. The van der Waals surface area contributed by atoms with E-state index in [1.54, 1.807) is 6.07 Å². The molecule has 60 valence electrons. The highest BCUT2D eigenvalue weighted by molar-refractivity contribution is 14.1. The number of halogens is 3. The first-order chi connectivity index (χ1) is 5.04. The molecule has 0 saturated carbocycles. The Morgan fingerprint density at radius 1 is 1.45 bits per heavy atom. The van der Waals surface area contributed by atoms with Gasteiger partial charge in [-0.15, -0.1) is 0 Å². The number of hydrogen-bond acceptors (Lipinski definition) is 1. The summed E-state index contributed by atoms with van der Waals surface area (Å²) in [6.45, 7) is 1.89. The average Bonchev–Trinajstić information content (AvgIpc) is 1.97. The summed E-state index contributed by atoms with van der Waals surface area (Å²) < 4.78 is 1.63. The van der Waals surface area contributed by atoms with E-state index in [1.165, 1.54) is 0 Å². The molecule has 0 radical (unpaired) electrons. The van der Waals surface area contributed by atoms with Crippen molar-refractivity contribution in [1.82, 2.24) is 0 Å². The van der Waals surface area contributed by atoms with E-state index in [0.717, 1.165) is 12.7 Å². The molecule has 4 heteroatoms. The fraction of sp³-hybridized carbons (Fsp3) is 0.143. The van der Waals surface area contributed by atoms with Crippen molar-refractivity contribution >= 4 is 56.8 Å². The predicted octanol–water partition coefficient (Wildman–Crippen LogP) is 3.56. The van der Waals surface area contributed by atoms with Crippen LogP contribution in [0.2, 0.25) is 5.02 Å². The van der Waals surface area contributed by atoms with Crippen molar-refractivity contribution in [2.24, 2.45) is 0 Å². The third kappa shape index (κ3) is 1.92. The molecule has 0 atom stereocenters. The molecule has 0 aromatic heterocycles. The van der Waals surface area contributed by atoms with Crippen LogP contribution >= 0.6 is 56.8 Å². The molecule has 0 aliphatic heterocycles. The molecule has 0 unspecified atom stereocenters. The summed E-state index contributed by atoms with van der Waals surface area (Å²) in [7, 11) is 0. The van der Waals surface area contributed by atoms with Gasteiger partial charge in [-0.25, -0.2) is 0 Å². The van der Waals surface area contributed by atoms with E-state index < -0.39 is 0 Å². The SMILES string of the molecule is Cc1c(Cl)cc(I)c(O)c1I. The topological polar surface area (TPSA) is 20.2 Å². The van der Waals surface area contributed by atoms with Crippen molar-refractivity contribution in [3.8, 4) is 5.75 Å². The number of hydrogen-bond donors (Lipinski definition) is 1. The van der Waals surface area contributed by atoms with E-state index >= 15 is 0 Å². The van der Waals surface area contributed by atoms with E-state index in [-0.39, 0.29) is 0 Å². The van der Waals surface area contributed by atoms with Gasteiger partial charge in [0.15, 0.2) is 0 Å². The number of aromatic hydroxyl groups is 1. The first-order valence-corrected chi connectivity index (χ1v) is 5.40. The second-order valence-electron chi connectivity index (χ2n) is 2.13. The minimum absolute atomic E-state index is 0.327. The number of rotatable bonds is 0. The highest BCUT2D eigenvalue weighted by atomic mass is 127. The molecule has 11 heavy (non-hydrogen) atoms. The van der Waals surface area contributed by atoms with Crippen LogP contribution in [0.5, 0.6) is 5.75 Å². The number of phenolic OH excluding ortho intramolecular Hbond substituents is 1. The second kappa shape index (κ2) is 3.66. The van der Waals surface area contributed by atoms with E-state index in [0.29, 0.717) is 10.8 Å². The molecule has 1 rings (SSSR count). The van der Waals surface area contributed by atoms with Gasteiger partial charge < -0.3 is 5.11 Å². The molecule has 0 heterocycles. The lowest BCUT2D eigenvalue weighted by atomic mass is 10.2. The molecule has 1 N–H and O–H groups in total. The third-order valence-corrected chi connectivity index (χ3v) is 3.91. The molecule has 1 aromatic carbocycles. The first kappa shape index (κ1) is 9.85. The van der Waals surface area contributed by atoms with Gasteiger partial charge in [0.05, 0.1) is 7.14 Å². The molecular formula is C7H5ClI2O. The van der Waals surface area contributed by atoms with Gasteiger partial charge in [-0.1, -0.05) is 11.6 Å². The van der Waals surface area contributed by atoms with Crippen molar-refractivity contribution in [3.05, 3.63) is 23.8 Å². The van der Waals surface area contributed by atoms with Gasteiger partial charge in [-0.3, -0.25) is 0 Å². The third-order valence-electron chi connectivity index (χ3n) is 1.38. The molecule has 0 saturated heterocycles. The van der Waals surface area contributed by atoms with E-state index in [1.807, 2.05) is 6.92 Å². The Morgan fingerprint density at radius 3 is 2.55 bits per heavy atom. The van der Waals surface area contributed by atoms with Gasteiger partial charge in [0.25, 0.3) is 0 Å². The van der Waals surface area contributed by atoms with E-state index in [4.69, 9.17) is 11.6 Å². The van der Waals surface area contributed by atoms with Crippen molar-refractivity contribution in [2.75, 3.05) is 0 Å². The van der Waals surface area contributed by atoms with Crippen molar-refractivity contribution in [3.63, 3.8) is 0 Å². The minimum atomic E-state index is 0.327. The van der Waals surface area contributed by atoms with E-state index in [9.17, 15) is 5.11 Å². The molecule has 0 aliphatic rings. The lowest BCUT2D eigenvalue weighted by Gasteiger charge is -2.05. The summed E-state index contributed by atoms with van der Waals surface area (Å²) in [4.78, 5) is 0. The standard InChI is InChI=1S/C7H5ClI2O/c1-3-4(8)2-5(9)7(11)6(3)10/h2,11H,1H3. The average molecular weight is 394 g/mol. The van der Waals surface area contributed by atoms with E-state index in [2.05, 4.69) is 45.2 Å². The smallest absolute Gasteiger partial charge is 0.142 e. The summed E-state index contributed by atoms with van der Waals surface area (Å²) in [6, 6.07) is 1.76. The summed E-state index contributed by atoms with van der Waals surface area (Å²) in [6.07, 6.45) is 0. The zero-order valence-corrected chi connectivity index (χ0v) is 10.7. The highest BCUT2D eigenvalue weighted by Crippen LogP contribution is 2.33. The molecule has 0 fully saturated rings. The maximum atomic E-state index is 9.44. The zero-order valence-electron chi connectivity index (χ0n) is 5.66. The van der Waals surface area contributed by atoms with Crippen LogP contribution in [0.4, 0.5) is 0 Å². The van der Waals surface area contributed by atoms with Gasteiger partial charge in [0, 0.05) is 5.02 Å². The number of phenols is 1. The van der Waals surface area contributed by atoms with Crippen LogP contribution in [0, 0.1) is 14.1 Å². The Hall–Kier alpha value is 0.770. The largest absolute Gasteiger partial charge is 0.506 e. The highest BCUT2D eigenvalue weighted by Gasteiger charge is 2.08. The van der Waals surface area contributed by atoms with Crippen LogP contribution in [-0.2, 0) is 0 Å². The molecule has 0 spiro atoms. The summed E-state index contributed by atoms with van der Waals surface area (Å²) >= 11 is 10.0. The molecular weight excluding hydrogens is 389 g/mol. The van der Waals surface area contributed by atoms with Crippen LogP contribution in [-0.4, -0.2) is 5.11 Å². The van der Waals surface area contributed by atoms with Crippen molar-refractivity contribution in [1.29, 1.82) is 0 Å². The van der Waals surface area contributed by atoms with Crippen molar-refractivity contribution < 1.29 is 5.11 Å². The van der Waals surface area contributed by atoms with Crippen LogP contribution in [0.1, 0.15) is 5.56 Å². The minimum Gasteiger partial charge on any atom is -0.506 e. The normalized spacial score (nSPS) is 10.2. The van der Waals surface area contributed by atoms with Gasteiger partial charge in [-0.2, -0.15) is 0 Å². The maximum Gasteiger partial charge on any atom is 0.142 e. The quantitative estimate of drug-likeness (QED) is 0.668. The monoisotopic (exact) mass is 394 g/mol. The fourth-order valence-electron chi connectivity index (χ4n) is 0.675. The Kier molecular flexibility index (Phi) is 3.27. The van der Waals surface area contributed by atoms with Crippen LogP contribution in [0.25, 0.3) is 0 Å². The number of benzene rings is 1. The zero-order chi connectivity index (χ0) is 8.59. The molecule has 0 amide bonds. The summed E-state index contributed by atoms with van der Waals surface area (Å²) in [5.41, 5.74) is 0.935. The predicted molar refractivity (Wildman–Crippen MR) is 63.3 cm³/mol. The first-order valence-electron chi connectivity index (χ1n) is 2.87. The Balaban J connectivity index is 3.46. The van der Waals surface area contributed by atoms with Crippen molar-refractivity contribution in [2.45, 2.75) is 6.92 Å². The van der Waals surface area contributed by atoms with Crippen LogP contribution in [0.15, 0.2) is 6.07 Å². The van der Waals surface area contributed by atoms with Crippen LogP contribution < -0.4 is 0 Å². The lowest BCUT2D eigenvalue weighted by Crippen LogP contribution is -1.85. The second-order valence-corrected chi connectivity index (χ2v) is 4.78. The summed E-state index contributed by atoms with van der Waals surface area (Å²) in [5.74, 6) is 0.327. The maximum absolute atomic E-state index is 9.44. The molecule has 1 aromatic rings. The summed E-state index contributed by atoms with van der Waals surface area (Å²) in [5, 5.41) is 10.1.